The number of halogens is 1. The van der Waals surface area contributed by atoms with Gasteiger partial charge in [-0.25, -0.2) is 13.1 Å². The van der Waals surface area contributed by atoms with E-state index in [2.05, 4.69) is 4.72 Å². The number of hydrogen-bond donors (Lipinski definition) is 1. The van der Waals surface area contributed by atoms with Crippen molar-refractivity contribution >= 4 is 38.3 Å². The second-order valence-electron chi connectivity index (χ2n) is 6.53. The number of fused-ring (bicyclic) bond motifs is 1. The van der Waals surface area contributed by atoms with Gasteiger partial charge in [0.05, 0.1) is 4.90 Å². The molecule has 7 heteroatoms. The maximum Gasteiger partial charge on any atom is 0.240 e. The number of hydrogen-bond acceptors (Lipinski definition) is 3. The summed E-state index contributed by atoms with van der Waals surface area (Å²) < 4.78 is 27.5. The van der Waals surface area contributed by atoms with Gasteiger partial charge in [-0.1, -0.05) is 54.1 Å². The predicted octanol–water partition coefficient (Wildman–Crippen LogP) is 3.82. The molecule has 0 aliphatic heterocycles. The number of carbonyl (C=O) groups is 1. The standard InChI is InChI=1S/C21H21ClN2O3S/c1-24(15-16-6-9-19(22)10-7-16)21(25)12-13-23-28(26,27)20-11-8-17-4-2-3-5-18(17)14-20/h2-11,14,23H,12-13,15H2,1H3. The fourth-order valence-corrected chi connectivity index (χ4v) is 4.05. The van der Waals surface area contributed by atoms with Crippen LogP contribution in [0.3, 0.4) is 0 Å². The second-order valence-corrected chi connectivity index (χ2v) is 8.74. The predicted molar refractivity (Wildman–Crippen MR) is 112 cm³/mol. The quantitative estimate of drug-likeness (QED) is 0.636. The first-order chi connectivity index (χ1) is 13.3. The second kappa shape index (κ2) is 8.73. The number of nitrogens with one attached hydrogen (secondary N) is 1. The van der Waals surface area contributed by atoms with E-state index in [0.29, 0.717) is 11.6 Å². The van der Waals surface area contributed by atoms with Gasteiger partial charge in [-0.3, -0.25) is 4.79 Å². The number of rotatable bonds is 7. The van der Waals surface area contributed by atoms with Crippen molar-refractivity contribution in [3.8, 4) is 0 Å². The van der Waals surface area contributed by atoms with Crippen molar-refractivity contribution < 1.29 is 13.2 Å². The number of amides is 1. The van der Waals surface area contributed by atoms with Gasteiger partial charge in [0, 0.05) is 31.6 Å². The Morgan fingerprint density at radius 2 is 1.68 bits per heavy atom. The monoisotopic (exact) mass is 416 g/mol. The zero-order valence-electron chi connectivity index (χ0n) is 15.4. The Morgan fingerprint density at radius 1 is 1.00 bits per heavy atom. The van der Waals surface area contributed by atoms with E-state index in [0.717, 1.165) is 16.3 Å². The van der Waals surface area contributed by atoms with Gasteiger partial charge in [0.25, 0.3) is 0 Å². The molecular weight excluding hydrogens is 396 g/mol. The van der Waals surface area contributed by atoms with E-state index in [1.54, 1.807) is 42.3 Å². The van der Waals surface area contributed by atoms with Gasteiger partial charge < -0.3 is 4.90 Å². The Kier molecular flexibility index (Phi) is 6.34. The van der Waals surface area contributed by atoms with Crippen LogP contribution in [0.15, 0.2) is 71.6 Å². The van der Waals surface area contributed by atoms with E-state index in [4.69, 9.17) is 11.6 Å². The molecule has 0 saturated carbocycles. The lowest BCUT2D eigenvalue weighted by atomic mass is 10.1. The fourth-order valence-electron chi connectivity index (χ4n) is 2.85. The lowest BCUT2D eigenvalue weighted by Crippen LogP contribution is -2.31. The van der Waals surface area contributed by atoms with Crippen molar-refractivity contribution in [2.75, 3.05) is 13.6 Å². The normalized spacial score (nSPS) is 11.5. The van der Waals surface area contributed by atoms with Crippen LogP contribution in [0.4, 0.5) is 0 Å². The number of benzene rings is 3. The summed E-state index contributed by atoms with van der Waals surface area (Å²) in [4.78, 5) is 14.0. The van der Waals surface area contributed by atoms with Crippen molar-refractivity contribution in [3.63, 3.8) is 0 Å². The zero-order chi connectivity index (χ0) is 20.1. The van der Waals surface area contributed by atoms with Gasteiger partial charge in [0.1, 0.15) is 0 Å². The molecule has 0 heterocycles. The highest BCUT2D eigenvalue weighted by Crippen LogP contribution is 2.18. The van der Waals surface area contributed by atoms with E-state index >= 15 is 0 Å². The van der Waals surface area contributed by atoms with Crippen LogP contribution < -0.4 is 4.72 Å². The summed E-state index contributed by atoms with van der Waals surface area (Å²) in [5.41, 5.74) is 0.956. The highest BCUT2D eigenvalue weighted by molar-refractivity contribution is 7.89. The van der Waals surface area contributed by atoms with Crippen LogP contribution in [0.1, 0.15) is 12.0 Å². The first-order valence-corrected chi connectivity index (χ1v) is 10.7. The summed E-state index contributed by atoms with van der Waals surface area (Å²) in [6, 6.07) is 19.8. The minimum absolute atomic E-state index is 0.0406. The Morgan fingerprint density at radius 3 is 2.39 bits per heavy atom. The van der Waals surface area contributed by atoms with Crippen molar-refractivity contribution in [1.82, 2.24) is 9.62 Å². The zero-order valence-corrected chi connectivity index (χ0v) is 17.0. The van der Waals surface area contributed by atoms with E-state index in [9.17, 15) is 13.2 Å². The number of sulfonamides is 1. The SMILES string of the molecule is CN(Cc1ccc(Cl)cc1)C(=O)CCNS(=O)(=O)c1ccc2ccccc2c1. The highest BCUT2D eigenvalue weighted by Gasteiger charge is 2.16. The summed E-state index contributed by atoms with van der Waals surface area (Å²) in [6.45, 7) is 0.479. The average molecular weight is 417 g/mol. The van der Waals surface area contributed by atoms with Gasteiger partial charge in [-0.05, 0) is 40.6 Å². The third-order valence-corrected chi connectivity index (χ3v) is 6.13. The third-order valence-electron chi connectivity index (χ3n) is 4.42. The van der Waals surface area contributed by atoms with Crippen LogP contribution in [0.25, 0.3) is 10.8 Å². The fraction of sp³-hybridized carbons (Fsp3) is 0.190. The molecule has 0 aliphatic rings. The van der Waals surface area contributed by atoms with Gasteiger partial charge in [-0.2, -0.15) is 0 Å². The maximum atomic E-state index is 12.5. The van der Waals surface area contributed by atoms with Crippen LogP contribution in [0.5, 0.6) is 0 Å². The van der Waals surface area contributed by atoms with Crippen molar-refractivity contribution in [2.45, 2.75) is 17.9 Å². The van der Waals surface area contributed by atoms with Crippen molar-refractivity contribution in [2.24, 2.45) is 0 Å². The summed E-state index contributed by atoms with van der Waals surface area (Å²) in [5, 5.41) is 2.46. The van der Waals surface area contributed by atoms with Crippen molar-refractivity contribution in [3.05, 3.63) is 77.3 Å². The summed E-state index contributed by atoms with van der Waals surface area (Å²) in [5.74, 6) is -0.142. The Bertz CT molecular complexity index is 1080. The van der Waals surface area contributed by atoms with Gasteiger partial charge in [-0.15, -0.1) is 0 Å². The first kappa shape index (κ1) is 20.3. The molecular formula is C21H21ClN2O3S. The third kappa shape index (κ3) is 5.10. The van der Waals surface area contributed by atoms with Crippen LogP contribution in [0, 0.1) is 0 Å². The van der Waals surface area contributed by atoms with Gasteiger partial charge >= 0.3 is 0 Å². The molecule has 0 spiro atoms. The van der Waals surface area contributed by atoms with Gasteiger partial charge in [0.15, 0.2) is 0 Å². The Hall–Kier alpha value is -2.41. The summed E-state index contributed by atoms with van der Waals surface area (Å²) >= 11 is 5.86. The average Bonchev–Trinajstić information content (AvgIpc) is 2.69. The number of nitrogens with zero attached hydrogens (tertiary/aromatic N) is 1. The largest absolute Gasteiger partial charge is 0.341 e. The lowest BCUT2D eigenvalue weighted by Gasteiger charge is -2.17. The van der Waals surface area contributed by atoms with E-state index in [1.807, 2.05) is 36.4 Å². The molecule has 0 saturated heterocycles. The molecule has 0 aromatic heterocycles. The van der Waals surface area contributed by atoms with E-state index in [-0.39, 0.29) is 23.8 Å². The molecule has 0 atom stereocenters. The van der Waals surface area contributed by atoms with Crippen molar-refractivity contribution in [1.29, 1.82) is 0 Å². The molecule has 28 heavy (non-hydrogen) atoms. The van der Waals surface area contributed by atoms with Crippen LogP contribution >= 0.6 is 11.6 Å². The molecule has 1 amide bonds. The molecule has 0 unspecified atom stereocenters. The highest BCUT2D eigenvalue weighted by atomic mass is 35.5. The molecule has 0 aliphatic carbocycles. The van der Waals surface area contributed by atoms with E-state index < -0.39 is 10.0 Å². The molecule has 146 valence electrons. The van der Waals surface area contributed by atoms with Crippen LogP contribution in [-0.2, 0) is 21.4 Å². The Labute approximate surface area is 170 Å². The lowest BCUT2D eigenvalue weighted by molar-refractivity contribution is -0.130. The maximum absolute atomic E-state index is 12.5. The molecule has 0 bridgehead atoms. The molecule has 5 nitrogen and oxygen atoms in total. The number of carbonyl (C=O) groups excluding carboxylic acids is 1. The molecule has 0 fully saturated rings. The van der Waals surface area contributed by atoms with Crippen LogP contribution in [0.2, 0.25) is 5.02 Å². The van der Waals surface area contributed by atoms with Gasteiger partial charge in [0.2, 0.25) is 15.9 Å². The summed E-state index contributed by atoms with van der Waals surface area (Å²) in [7, 11) is -1.98. The Balaban J connectivity index is 1.56. The first-order valence-electron chi connectivity index (χ1n) is 8.82. The smallest absolute Gasteiger partial charge is 0.240 e. The topological polar surface area (TPSA) is 66.5 Å². The summed E-state index contributed by atoms with van der Waals surface area (Å²) in [6.07, 6.45) is 0.0803. The molecule has 3 aromatic rings. The molecule has 3 aromatic carbocycles. The minimum Gasteiger partial charge on any atom is -0.341 e. The molecule has 1 N–H and O–H groups in total. The van der Waals surface area contributed by atoms with E-state index in [1.165, 1.54) is 0 Å². The molecule has 3 rings (SSSR count). The van der Waals surface area contributed by atoms with Crippen LogP contribution in [-0.4, -0.2) is 32.8 Å². The minimum atomic E-state index is -3.67. The molecule has 0 radical (unpaired) electrons.